The molecule has 0 aliphatic carbocycles. The van der Waals surface area contributed by atoms with E-state index in [2.05, 4.69) is 15.0 Å². The SMILES string of the molecule is O=C1N=C2N=CCSC2=NC1(Cl)Cl. The van der Waals surface area contributed by atoms with Gasteiger partial charge in [-0.1, -0.05) is 35.0 Å². The first-order chi connectivity index (χ1) is 6.09. The first-order valence-corrected chi connectivity index (χ1v) is 5.10. The smallest absolute Gasteiger partial charge is 0.267 e. The fourth-order valence-corrected chi connectivity index (χ4v) is 1.95. The third kappa shape index (κ3) is 1.63. The molecule has 0 radical (unpaired) electrons. The van der Waals surface area contributed by atoms with Crippen molar-refractivity contribution >= 4 is 58.0 Å². The number of aliphatic imine (C=N–C) groups is 3. The van der Waals surface area contributed by atoms with Crippen LogP contribution in [0.25, 0.3) is 0 Å². The van der Waals surface area contributed by atoms with Crippen molar-refractivity contribution < 1.29 is 4.79 Å². The Hall–Kier alpha value is -0.390. The molecule has 0 atom stereocenters. The maximum Gasteiger partial charge on any atom is 0.307 e. The molecular formula is C6H3Cl2N3OS. The Morgan fingerprint density at radius 2 is 2.31 bits per heavy atom. The van der Waals surface area contributed by atoms with Gasteiger partial charge in [0.05, 0.1) is 0 Å². The van der Waals surface area contributed by atoms with Gasteiger partial charge < -0.3 is 0 Å². The topological polar surface area (TPSA) is 54.1 Å². The maximum atomic E-state index is 11.1. The van der Waals surface area contributed by atoms with Crippen LogP contribution in [0.2, 0.25) is 0 Å². The van der Waals surface area contributed by atoms with E-state index in [1.807, 2.05) is 0 Å². The normalized spacial score (nSPS) is 24.9. The molecule has 2 aliphatic rings. The highest BCUT2D eigenvalue weighted by Gasteiger charge is 2.38. The fraction of sp³-hybridized carbons (Fsp3) is 0.333. The van der Waals surface area contributed by atoms with Crippen LogP contribution in [0.4, 0.5) is 0 Å². The molecule has 0 bridgehead atoms. The van der Waals surface area contributed by atoms with E-state index in [9.17, 15) is 4.79 Å². The molecule has 0 saturated carbocycles. The highest BCUT2D eigenvalue weighted by molar-refractivity contribution is 8.16. The number of halogens is 2. The van der Waals surface area contributed by atoms with Crippen LogP contribution in [-0.2, 0) is 4.79 Å². The minimum absolute atomic E-state index is 0.304. The lowest BCUT2D eigenvalue weighted by atomic mass is 10.5. The van der Waals surface area contributed by atoms with E-state index in [1.165, 1.54) is 11.8 Å². The molecule has 2 rings (SSSR count). The molecule has 68 valence electrons. The van der Waals surface area contributed by atoms with Crippen LogP contribution in [0.1, 0.15) is 0 Å². The van der Waals surface area contributed by atoms with Crippen molar-refractivity contribution in [2.24, 2.45) is 15.0 Å². The van der Waals surface area contributed by atoms with Gasteiger partial charge in [-0.2, -0.15) is 4.99 Å². The average molecular weight is 236 g/mol. The number of nitrogens with zero attached hydrogens (tertiary/aromatic N) is 3. The Morgan fingerprint density at radius 1 is 1.54 bits per heavy atom. The van der Waals surface area contributed by atoms with Gasteiger partial charge in [0.15, 0.2) is 5.84 Å². The van der Waals surface area contributed by atoms with Gasteiger partial charge in [-0.05, 0) is 0 Å². The quantitative estimate of drug-likeness (QED) is 0.469. The fourth-order valence-electron chi connectivity index (χ4n) is 0.857. The first kappa shape index (κ1) is 9.18. The summed E-state index contributed by atoms with van der Waals surface area (Å²) in [6.07, 6.45) is 1.66. The second kappa shape index (κ2) is 3.08. The van der Waals surface area contributed by atoms with Crippen LogP contribution in [-0.4, -0.2) is 33.2 Å². The van der Waals surface area contributed by atoms with Gasteiger partial charge >= 0.3 is 5.91 Å². The summed E-state index contributed by atoms with van der Waals surface area (Å²) in [5.74, 6) is 0.308. The van der Waals surface area contributed by atoms with E-state index in [4.69, 9.17) is 23.2 Å². The molecule has 0 aromatic carbocycles. The minimum atomic E-state index is -1.77. The summed E-state index contributed by atoms with van der Waals surface area (Å²) in [6.45, 7) is 0. The molecule has 7 heteroatoms. The average Bonchev–Trinajstić information content (AvgIpc) is 2.06. The molecule has 1 amide bonds. The summed E-state index contributed by atoms with van der Waals surface area (Å²) in [6, 6.07) is 0. The maximum absolute atomic E-state index is 11.1. The monoisotopic (exact) mass is 235 g/mol. The second-order valence-electron chi connectivity index (χ2n) is 2.32. The predicted octanol–water partition coefficient (Wildman–Crippen LogP) is 1.27. The number of rotatable bonds is 0. The van der Waals surface area contributed by atoms with Crippen LogP contribution in [0.3, 0.4) is 0 Å². The third-order valence-corrected chi connectivity index (χ3v) is 2.76. The Bertz CT molecular complexity index is 361. The molecule has 0 unspecified atom stereocenters. The van der Waals surface area contributed by atoms with Crippen molar-refractivity contribution in [1.82, 2.24) is 0 Å². The van der Waals surface area contributed by atoms with Crippen molar-refractivity contribution in [2.45, 2.75) is 4.46 Å². The Balaban J connectivity index is 2.45. The number of fused-ring (bicyclic) bond motifs is 1. The molecule has 0 saturated heterocycles. The number of amidine groups is 1. The lowest BCUT2D eigenvalue weighted by molar-refractivity contribution is -0.118. The number of hydrogen-bond donors (Lipinski definition) is 0. The standard InChI is InChI=1S/C6H3Cl2N3OS/c7-6(8)5(12)10-3-4(11-6)13-2-1-9-3/h1H,2H2. The number of carbonyl (C=O) groups excluding carboxylic acids is 1. The molecular weight excluding hydrogens is 233 g/mol. The number of hydrogen-bond acceptors (Lipinski definition) is 4. The van der Waals surface area contributed by atoms with Gasteiger partial charge in [0, 0.05) is 12.0 Å². The summed E-state index contributed by atoms with van der Waals surface area (Å²) in [7, 11) is 0. The van der Waals surface area contributed by atoms with Crippen LogP contribution >= 0.6 is 35.0 Å². The number of carbonyl (C=O) groups is 1. The molecule has 0 aromatic rings. The van der Waals surface area contributed by atoms with Gasteiger partial charge in [0.2, 0.25) is 0 Å². The van der Waals surface area contributed by atoms with Gasteiger partial charge in [0.1, 0.15) is 5.04 Å². The molecule has 0 N–H and O–H groups in total. The van der Waals surface area contributed by atoms with Crippen LogP contribution < -0.4 is 0 Å². The predicted molar refractivity (Wildman–Crippen MR) is 55.3 cm³/mol. The first-order valence-electron chi connectivity index (χ1n) is 3.36. The van der Waals surface area contributed by atoms with E-state index in [-0.39, 0.29) is 0 Å². The van der Waals surface area contributed by atoms with Crippen molar-refractivity contribution in [3.05, 3.63) is 0 Å². The lowest BCUT2D eigenvalue weighted by Gasteiger charge is -2.19. The molecule has 2 aliphatic heterocycles. The lowest BCUT2D eigenvalue weighted by Crippen LogP contribution is -2.32. The van der Waals surface area contributed by atoms with E-state index >= 15 is 0 Å². The van der Waals surface area contributed by atoms with Crippen molar-refractivity contribution in [2.75, 3.05) is 5.75 Å². The number of amides is 1. The van der Waals surface area contributed by atoms with E-state index in [0.29, 0.717) is 16.6 Å². The molecule has 2 heterocycles. The van der Waals surface area contributed by atoms with Crippen molar-refractivity contribution in [3.63, 3.8) is 0 Å². The zero-order valence-electron chi connectivity index (χ0n) is 6.20. The van der Waals surface area contributed by atoms with E-state index in [1.54, 1.807) is 6.21 Å². The largest absolute Gasteiger partial charge is 0.307 e. The highest BCUT2D eigenvalue weighted by atomic mass is 35.5. The second-order valence-corrected chi connectivity index (χ2v) is 4.62. The summed E-state index contributed by atoms with van der Waals surface area (Å²) in [5, 5.41) is 0.520. The Morgan fingerprint density at radius 3 is 3.08 bits per heavy atom. The Kier molecular flexibility index (Phi) is 2.17. The Labute approximate surface area is 88.1 Å². The molecule has 13 heavy (non-hydrogen) atoms. The van der Waals surface area contributed by atoms with Gasteiger partial charge in [-0.15, -0.1) is 0 Å². The van der Waals surface area contributed by atoms with Crippen LogP contribution in [0, 0.1) is 0 Å². The molecule has 0 aromatic heterocycles. The van der Waals surface area contributed by atoms with Crippen molar-refractivity contribution in [3.8, 4) is 0 Å². The zero-order chi connectivity index (χ0) is 9.47. The third-order valence-electron chi connectivity index (χ3n) is 1.41. The zero-order valence-corrected chi connectivity index (χ0v) is 8.53. The van der Waals surface area contributed by atoms with Gasteiger partial charge in [-0.3, -0.25) is 4.79 Å². The van der Waals surface area contributed by atoms with Gasteiger partial charge in [0.25, 0.3) is 4.46 Å². The van der Waals surface area contributed by atoms with Gasteiger partial charge in [-0.25, -0.2) is 9.98 Å². The molecule has 4 nitrogen and oxygen atoms in total. The van der Waals surface area contributed by atoms with Crippen LogP contribution in [0.15, 0.2) is 15.0 Å². The van der Waals surface area contributed by atoms with E-state index < -0.39 is 10.4 Å². The highest BCUT2D eigenvalue weighted by Crippen LogP contribution is 2.30. The summed E-state index contributed by atoms with van der Waals surface area (Å²) >= 11 is 12.6. The summed E-state index contributed by atoms with van der Waals surface area (Å²) < 4.78 is -1.77. The summed E-state index contributed by atoms with van der Waals surface area (Å²) in [4.78, 5) is 22.5. The minimum Gasteiger partial charge on any atom is -0.267 e. The van der Waals surface area contributed by atoms with Crippen LogP contribution in [0.5, 0.6) is 0 Å². The summed E-state index contributed by atoms with van der Waals surface area (Å²) in [5.41, 5.74) is 0. The van der Waals surface area contributed by atoms with Crippen molar-refractivity contribution in [1.29, 1.82) is 0 Å². The number of alkyl halides is 2. The van der Waals surface area contributed by atoms with E-state index in [0.717, 1.165) is 0 Å². The molecule has 0 fully saturated rings. The number of thioether (sulfide) groups is 1. The molecule has 0 spiro atoms.